The second-order valence-electron chi connectivity index (χ2n) is 4.74. The third-order valence-corrected chi connectivity index (χ3v) is 4.51. The molecule has 1 N–H and O–H groups in total. The Morgan fingerprint density at radius 1 is 1.10 bits per heavy atom. The van der Waals surface area contributed by atoms with Gasteiger partial charge in [-0.1, -0.05) is 46.3 Å². The fourth-order valence-electron chi connectivity index (χ4n) is 2.42. The second-order valence-corrected chi connectivity index (χ2v) is 5.80. The molecule has 1 heterocycles. The van der Waals surface area contributed by atoms with Crippen LogP contribution in [0.1, 0.15) is 23.3 Å². The third kappa shape index (κ3) is 2.30. The van der Waals surface area contributed by atoms with Gasteiger partial charge in [-0.2, -0.15) is 0 Å². The fourth-order valence-corrected chi connectivity index (χ4v) is 3.11. The zero-order valence-corrected chi connectivity index (χ0v) is 12.6. The molecule has 20 heavy (non-hydrogen) atoms. The molecule has 3 unspecified atom stereocenters. The number of alkyl halides is 1. The lowest BCUT2D eigenvalue weighted by Gasteiger charge is -2.34. The van der Waals surface area contributed by atoms with Gasteiger partial charge in [-0.15, -0.1) is 0 Å². The number of rotatable bonds is 2. The zero-order chi connectivity index (χ0) is 14.1. The van der Waals surface area contributed by atoms with Gasteiger partial charge in [-0.05, 0) is 23.8 Å². The van der Waals surface area contributed by atoms with E-state index in [2.05, 4.69) is 15.9 Å². The number of halogens is 1. The summed E-state index contributed by atoms with van der Waals surface area (Å²) in [5, 5.41) is 10.4. The van der Waals surface area contributed by atoms with Gasteiger partial charge < -0.3 is 14.6 Å². The average Bonchev–Trinajstić information content (AvgIpc) is 2.51. The molecule has 3 rings (SSSR count). The number of aliphatic hydroxyl groups excluding tert-OH is 1. The Labute approximate surface area is 126 Å². The summed E-state index contributed by atoms with van der Waals surface area (Å²) >= 11 is 3.56. The molecule has 0 saturated carbocycles. The molecule has 2 aromatic rings. The van der Waals surface area contributed by atoms with Crippen molar-refractivity contribution in [1.82, 2.24) is 0 Å². The normalized spacial score (nSPS) is 24.6. The number of benzene rings is 2. The first kappa shape index (κ1) is 13.5. The zero-order valence-electron chi connectivity index (χ0n) is 11.0. The summed E-state index contributed by atoms with van der Waals surface area (Å²) in [5.41, 5.74) is 1.82. The lowest BCUT2D eigenvalue weighted by Crippen LogP contribution is -2.30. The van der Waals surface area contributed by atoms with Crippen molar-refractivity contribution in [2.75, 3.05) is 7.11 Å². The van der Waals surface area contributed by atoms with Crippen molar-refractivity contribution in [1.29, 1.82) is 0 Å². The summed E-state index contributed by atoms with van der Waals surface area (Å²) in [6.45, 7) is 0. The lowest BCUT2D eigenvalue weighted by atomic mass is 9.95. The number of fused-ring (bicyclic) bond motifs is 1. The van der Waals surface area contributed by atoms with E-state index >= 15 is 0 Å². The van der Waals surface area contributed by atoms with Gasteiger partial charge in [0.1, 0.15) is 17.6 Å². The smallest absolute Gasteiger partial charge is 0.139 e. The summed E-state index contributed by atoms with van der Waals surface area (Å²) in [6.07, 6.45) is -0.821. The summed E-state index contributed by atoms with van der Waals surface area (Å²) in [7, 11) is 1.64. The molecule has 1 aliphatic rings. The highest BCUT2D eigenvalue weighted by molar-refractivity contribution is 9.09. The molecule has 0 aliphatic carbocycles. The van der Waals surface area contributed by atoms with E-state index in [1.54, 1.807) is 7.11 Å². The van der Waals surface area contributed by atoms with Gasteiger partial charge in [0.15, 0.2) is 0 Å². The number of para-hydroxylation sites is 1. The van der Waals surface area contributed by atoms with Gasteiger partial charge in [0, 0.05) is 5.56 Å². The predicted octanol–water partition coefficient (Wildman–Crippen LogP) is 3.63. The highest BCUT2D eigenvalue weighted by atomic mass is 79.9. The highest BCUT2D eigenvalue weighted by Gasteiger charge is 2.36. The molecule has 104 valence electrons. The molecule has 0 saturated heterocycles. The monoisotopic (exact) mass is 334 g/mol. The maximum Gasteiger partial charge on any atom is 0.139 e. The van der Waals surface area contributed by atoms with Crippen molar-refractivity contribution in [3.8, 4) is 11.5 Å². The van der Waals surface area contributed by atoms with Crippen molar-refractivity contribution in [3.05, 3.63) is 59.7 Å². The van der Waals surface area contributed by atoms with Crippen LogP contribution in [0, 0.1) is 0 Å². The Morgan fingerprint density at radius 2 is 1.80 bits per heavy atom. The van der Waals surface area contributed by atoms with Crippen LogP contribution in [0.2, 0.25) is 0 Å². The van der Waals surface area contributed by atoms with E-state index in [0.29, 0.717) is 0 Å². The van der Waals surface area contributed by atoms with E-state index in [4.69, 9.17) is 9.47 Å². The van der Waals surface area contributed by atoms with Crippen LogP contribution in [0.25, 0.3) is 0 Å². The van der Waals surface area contributed by atoms with Gasteiger partial charge >= 0.3 is 0 Å². The minimum Gasteiger partial charge on any atom is -0.497 e. The molecule has 0 spiro atoms. The van der Waals surface area contributed by atoms with Crippen molar-refractivity contribution in [2.24, 2.45) is 0 Å². The predicted molar refractivity (Wildman–Crippen MR) is 80.5 cm³/mol. The topological polar surface area (TPSA) is 38.7 Å². The lowest BCUT2D eigenvalue weighted by molar-refractivity contribution is 0.0767. The third-order valence-electron chi connectivity index (χ3n) is 3.53. The molecule has 0 fully saturated rings. The molecular weight excluding hydrogens is 320 g/mol. The van der Waals surface area contributed by atoms with Gasteiger partial charge in [0.2, 0.25) is 0 Å². The molecule has 2 aromatic carbocycles. The quantitative estimate of drug-likeness (QED) is 0.852. The first-order chi connectivity index (χ1) is 9.70. The Morgan fingerprint density at radius 3 is 2.50 bits per heavy atom. The van der Waals surface area contributed by atoms with E-state index in [1.165, 1.54) is 0 Å². The van der Waals surface area contributed by atoms with Crippen LogP contribution in [-0.2, 0) is 0 Å². The van der Waals surface area contributed by atoms with Gasteiger partial charge in [-0.25, -0.2) is 0 Å². The van der Waals surface area contributed by atoms with Gasteiger partial charge in [-0.3, -0.25) is 0 Å². The first-order valence-electron chi connectivity index (χ1n) is 6.42. The van der Waals surface area contributed by atoms with Crippen LogP contribution in [0.3, 0.4) is 0 Å². The summed E-state index contributed by atoms with van der Waals surface area (Å²) < 4.78 is 11.2. The fraction of sp³-hybridized carbons (Fsp3) is 0.250. The van der Waals surface area contributed by atoms with E-state index in [-0.39, 0.29) is 10.9 Å². The maximum atomic E-state index is 10.4. The standard InChI is InChI=1S/C16H15BrO3/c1-19-11-8-6-10(7-9-11)16-14(17)15(18)12-4-2-3-5-13(12)20-16/h2-9,14-16,18H,1H3. The summed E-state index contributed by atoms with van der Waals surface area (Å²) in [5.74, 6) is 1.54. The molecular formula is C16H15BrO3. The SMILES string of the molecule is COc1ccc(C2Oc3ccccc3C(O)C2Br)cc1. The van der Waals surface area contributed by atoms with E-state index in [1.807, 2.05) is 48.5 Å². The Hall–Kier alpha value is -1.52. The maximum absolute atomic E-state index is 10.4. The van der Waals surface area contributed by atoms with Crippen LogP contribution >= 0.6 is 15.9 Å². The molecule has 0 radical (unpaired) electrons. The Kier molecular flexibility index (Phi) is 3.68. The van der Waals surface area contributed by atoms with Crippen LogP contribution in [0.5, 0.6) is 11.5 Å². The van der Waals surface area contributed by atoms with Crippen LogP contribution in [-0.4, -0.2) is 17.0 Å². The first-order valence-corrected chi connectivity index (χ1v) is 7.34. The second kappa shape index (κ2) is 5.46. The minimum absolute atomic E-state index is 0.189. The van der Waals surface area contributed by atoms with Crippen LogP contribution in [0.15, 0.2) is 48.5 Å². The number of hydrogen-bond donors (Lipinski definition) is 1. The van der Waals surface area contributed by atoms with Gasteiger partial charge in [0.25, 0.3) is 0 Å². The molecule has 3 atom stereocenters. The number of ether oxygens (including phenoxy) is 2. The minimum atomic E-state index is -0.591. The van der Waals surface area contributed by atoms with Gasteiger partial charge in [0.05, 0.1) is 18.0 Å². The van der Waals surface area contributed by atoms with Crippen LogP contribution in [0.4, 0.5) is 0 Å². The van der Waals surface area contributed by atoms with Crippen molar-refractivity contribution >= 4 is 15.9 Å². The Bertz CT molecular complexity index is 597. The van der Waals surface area contributed by atoms with E-state index in [9.17, 15) is 5.11 Å². The number of methoxy groups -OCH3 is 1. The van der Waals surface area contributed by atoms with E-state index < -0.39 is 6.10 Å². The van der Waals surface area contributed by atoms with E-state index in [0.717, 1.165) is 22.6 Å². The molecule has 0 aromatic heterocycles. The molecule has 0 bridgehead atoms. The molecule has 4 heteroatoms. The molecule has 3 nitrogen and oxygen atoms in total. The summed E-state index contributed by atoms with van der Waals surface area (Å²) in [6, 6.07) is 15.3. The number of hydrogen-bond acceptors (Lipinski definition) is 3. The van der Waals surface area contributed by atoms with Crippen molar-refractivity contribution < 1.29 is 14.6 Å². The summed E-state index contributed by atoms with van der Waals surface area (Å²) in [4.78, 5) is -0.189. The molecule has 0 amide bonds. The Balaban J connectivity index is 1.94. The van der Waals surface area contributed by atoms with Crippen LogP contribution < -0.4 is 9.47 Å². The average molecular weight is 335 g/mol. The largest absolute Gasteiger partial charge is 0.497 e. The van der Waals surface area contributed by atoms with Crippen molar-refractivity contribution in [2.45, 2.75) is 17.0 Å². The number of aliphatic hydroxyl groups is 1. The highest BCUT2D eigenvalue weighted by Crippen LogP contribution is 2.44. The molecule has 1 aliphatic heterocycles. The van der Waals surface area contributed by atoms with Crippen molar-refractivity contribution in [3.63, 3.8) is 0 Å².